The first-order valence-corrected chi connectivity index (χ1v) is 7.99. The Bertz CT molecular complexity index is 521. The lowest BCUT2D eigenvalue weighted by Crippen LogP contribution is -2.37. The minimum absolute atomic E-state index is 0.154. The highest BCUT2D eigenvalue weighted by Crippen LogP contribution is 2.22. The molecule has 0 amide bonds. The zero-order valence-electron chi connectivity index (χ0n) is 10.5. The van der Waals surface area contributed by atoms with Gasteiger partial charge in [-0.25, -0.2) is 17.9 Å². The van der Waals surface area contributed by atoms with E-state index in [1.807, 2.05) is 13.8 Å². The van der Waals surface area contributed by atoms with Gasteiger partial charge in [0.15, 0.2) is 0 Å². The van der Waals surface area contributed by atoms with E-state index in [9.17, 15) is 13.2 Å². The maximum Gasteiger partial charge on any atom is 0.347 e. The van der Waals surface area contributed by atoms with E-state index in [2.05, 4.69) is 4.72 Å². The summed E-state index contributed by atoms with van der Waals surface area (Å²) in [5.74, 6) is -1.03. The summed E-state index contributed by atoms with van der Waals surface area (Å²) >= 11 is 0.907. The summed E-state index contributed by atoms with van der Waals surface area (Å²) in [5.41, 5.74) is 0. The van der Waals surface area contributed by atoms with Gasteiger partial charge in [0, 0.05) is 6.04 Å². The molecule has 2 unspecified atom stereocenters. The van der Waals surface area contributed by atoms with Crippen molar-refractivity contribution in [3.05, 3.63) is 16.3 Å². The number of nitrogens with one attached hydrogen (secondary N) is 1. The summed E-state index contributed by atoms with van der Waals surface area (Å²) in [7, 11) is -3.77. The Morgan fingerprint density at radius 2 is 2.11 bits per heavy atom. The van der Waals surface area contributed by atoms with Crippen LogP contribution in [0.5, 0.6) is 0 Å². The van der Waals surface area contributed by atoms with E-state index in [1.165, 1.54) is 11.4 Å². The first kappa shape index (κ1) is 15.1. The summed E-state index contributed by atoms with van der Waals surface area (Å²) in [5, 5.41) is 10.4. The molecule has 0 aliphatic rings. The predicted octanol–water partition coefficient (Wildman–Crippen LogP) is 2.16. The van der Waals surface area contributed by atoms with E-state index in [-0.39, 0.29) is 21.7 Å². The zero-order chi connectivity index (χ0) is 13.9. The van der Waals surface area contributed by atoms with Crippen LogP contribution < -0.4 is 4.72 Å². The smallest absolute Gasteiger partial charge is 0.347 e. The van der Waals surface area contributed by atoms with Crippen LogP contribution in [0.3, 0.4) is 0 Å². The third-order valence-corrected chi connectivity index (χ3v) is 5.58. The normalized spacial score (nSPS) is 15.3. The molecule has 0 aliphatic heterocycles. The summed E-state index contributed by atoms with van der Waals surface area (Å²) in [4.78, 5) is 10.6. The Hall–Kier alpha value is -0.920. The summed E-state index contributed by atoms with van der Waals surface area (Å²) < 4.78 is 26.7. The first-order chi connectivity index (χ1) is 8.29. The maximum absolute atomic E-state index is 12.1. The summed E-state index contributed by atoms with van der Waals surface area (Å²) in [6, 6.07) is 1.08. The van der Waals surface area contributed by atoms with Gasteiger partial charge in [0.2, 0.25) is 10.0 Å². The van der Waals surface area contributed by atoms with Gasteiger partial charge in [0.05, 0.1) is 0 Å². The van der Waals surface area contributed by atoms with Gasteiger partial charge in [0.25, 0.3) is 0 Å². The van der Waals surface area contributed by atoms with E-state index in [0.29, 0.717) is 0 Å². The van der Waals surface area contributed by atoms with Crippen LogP contribution in [-0.4, -0.2) is 25.5 Å². The Morgan fingerprint density at radius 3 is 2.61 bits per heavy atom. The molecular formula is C11H17NO4S2. The van der Waals surface area contributed by atoms with Crippen molar-refractivity contribution in [2.75, 3.05) is 0 Å². The van der Waals surface area contributed by atoms with Crippen molar-refractivity contribution >= 4 is 27.3 Å². The van der Waals surface area contributed by atoms with Crippen LogP contribution in [0.1, 0.15) is 36.9 Å². The van der Waals surface area contributed by atoms with Gasteiger partial charge in [-0.3, -0.25) is 0 Å². The third kappa shape index (κ3) is 3.30. The highest BCUT2D eigenvalue weighted by molar-refractivity contribution is 7.89. The lowest BCUT2D eigenvalue weighted by molar-refractivity contribution is 0.0698. The highest BCUT2D eigenvalue weighted by Gasteiger charge is 2.26. The van der Waals surface area contributed by atoms with Gasteiger partial charge < -0.3 is 5.11 Å². The van der Waals surface area contributed by atoms with Crippen molar-refractivity contribution in [1.29, 1.82) is 0 Å². The van der Waals surface area contributed by atoms with Gasteiger partial charge in [-0.15, -0.1) is 11.3 Å². The molecule has 7 heteroatoms. The molecule has 0 fully saturated rings. The van der Waals surface area contributed by atoms with Crippen molar-refractivity contribution in [2.45, 2.75) is 38.1 Å². The molecule has 0 bridgehead atoms. The first-order valence-electron chi connectivity index (χ1n) is 5.62. The lowest BCUT2D eigenvalue weighted by atomic mass is 10.0. The molecule has 1 aromatic rings. The van der Waals surface area contributed by atoms with Crippen LogP contribution in [0, 0.1) is 5.92 Å². The number of hydrogen-bond donors (Lipinski definition) is 2. The van der Waals surface area contributed by atoms with Gasteiger partial charge in [-0.05, 0) is 24.3 Å². The van der Waals surface area contributed by atoms with Gasteiger partial charge >= 0.3 is 5.97 Å². The van der Waals surface area contributed by atoms with Crippen molar-refractivity contribution in [3.63, 3.8) is 0 Å². The van der Waals surface area contributed by atoms with E-state index < -0.39 is 16.0 Å². The van der Waals surface area contributed by atoms with E-state index in [1.54, 1.807) is 6.92 Å². The number of sulfonamides is 1. The molecule has 0 saturated heterocycles. The van der Waals surface area contributed by atoms with Crippen molar-refractivity contribution in [2.24, 2.45) is 5.92 Å². The molecule has 0 spiro atoms. The van der Waals surface area contributed by atoms with Crippen LogP contribution >= 0.6 is 11.3 Å². The van der Waals surface area contributed by atoms with Crippen molar-refractivity contribution in [1.82, 2.24) is 4.72 Å². The van der Waals surface area contributed by atoms with E-state index >= 15 is 0 Å². The molecule has 102 valence electrons. The number of carboxylic acids is 1. The van der Waals surface area contributed by atoms with Crippen molar-refractivity contribution < 1.29 is 18.3 Å². The summed E-state index contributed by atoms with van der Waals surface area (Å²) in [6.45, 7) is 5.69. The molecule has 2 N–H and O–H groups in total. The van der Waals surface area contributed by atoms with Gasteiger partial charge in [-0.2, -0.15) is 0 Å². The third-order valence-electron chi connectivity index (χ3n) is 2.95. The largest absolute Gasteiger partial charge is 0.477 e. The number of carbonyl (C=O) groups is 1. The number of carboxylic acid groups (broad SMARTS) is 1. The monoisotopic (exact) mass is 291 g/mol. The molecule has 5 nitrogen and oxygen atoms in total. The van der Waals surface area contributed by atoms with E-state index in [0.717, 1.165) is 17.8 Å². The van der Waals surface area contributed by atoms with Crippen LogP contribution in [-0.2, 0) is 10.0 Å². The minimum Gasteiger partial charge on any atom is -0.477 e. The maximum atomic E-state index is 12.1. The predicted molar refractivity (Wildman–Crippen MR) is 70.5 cm³/mol. The average molecular weight is 291 g/mol. The molecule has 0 aromatic carbocycles. The molecule has 1 rings (SSSR count). The minimum atomic E-state index is -3.77. The molecule has 18 heavy (non-hydrogen) atoms. The molecule has 0 saturated carbocycles. The molecular weight excluding hydrogens is 274 g/mol. The Kier molecular flexibility index (Phi) is 4.89. The summed E-state index contributed by atoms with van der Waals surface area (Å²) in [6.07, 6.45) is 0.846. The van der Waals surface area contributed by atoms with Gasteiger partial charge in [0.1, 0.15) is 9.77 Å². The van der Waals surface area contributed by atoms with Gasteiger partial charge in [-0.1, -0.05) is 20.3 Å². The second-order valence-electron chi connectivity index (χ2n) is 4.21. The lowest BCUT2D eigenvalue weighted by Gasteiger charge is -2.19. The zero-order valence-corrected chi connectivity index (χ0v) is 12.1. The number of thiophene rings is 1. The fourth-order valence-corrected chi connectivity index (χ4v) is 4.06. The Morgan fingerprint density at radius 1 is 1.50 bits per heavy atom. The average Bonchev–Trinajstić information content (AvgIpc) is 2.76. The molecule has 0 aliphatic carbocycles. The van der Waals surface area contributed by atoms with Crippen LogP contribution in [0.2, 0.25) is 0 Å². The molecule has 1 aromatic heterocycles. The Balaban J connectivity index is 3.00. The number of rotatable bonds is 6. The second-order valence-corrected chi connectivity index (χ2v) is 6.81. The fourth-order valence-electron chi connectivity index (χ4n) is 1.44. The van der Waals surface area contributed by atoms with Crippen LogP contribution in [0.25, 0.3) is 0 Å². The standard InChI is InChI=1S/C11H17NO4S2/c1-4-7(2)8(3)12-18(15,16)9-5-6-17-10(9)11(13)14/h5-8,12H,4H2,1-3H3,(H,13,14). The molecule has 0 radical (unpaired) electrons. The molecule has 1 heterocycles. The van der Waals surface area contributed by atoms with Crippen molar-refractivity contribution in [3.8, 4) is 0 Å². The number of aromatic carboxylic acids is 1. The highest BCUT2D eigenvalue weighted by atomic mass is 32.2. The Labute approximate surface area is 111 Å². The van der Waals surface area contributed by atoms with Crippen LogP contribution in [0.4, 0.5) is 0 Å². The quantitative estimate of drug-likeness (QED) is 0.841. The SMILES string of the molecule is CCC(C)C(C)NS(=O)(=O)c1ccsc1C(=O)O. The van der Waals surface area contributed by atoms with Crippen LogP contribution in [0.15, 0.2) is 16.3 Å². The fraction of sp³-hybridized carbons (Fsp3) is 0.545. The molecule has 2 atom stereocenters. The van der Waals surface area contributed by atoms with E-state index in [4.69, 9.17) is 5.11 Å². The number of hydrogen-bond acceptors (Lipinski definition) is 4. The topological polar surface area (TPSA) is 83.5 Å². The second kappa shape index (κ2) is 5.81.